The fourth-order valence-electron chi connectivity index (χ4n) is 2.54. The van der Waals surface area contributed by atoms with Gasteiger partial charge >= 0.3 is 0 Å². The average Bonchev–Trinajstić information content (AvgIpc) is 2.77. The van der Waals surface area contributed by atoms with Gasteiger partial charge in [-0.05, 0) is 36.4 Å². The van der Waals surface area contributed by atoms with Crippen LogP contribution in [-0.2, 0) is 9.59 Å². The van der Waals surface area contributed by atoms with Crippen LogP contribution in [0.1, 0.15) is 18.4 Å². The van der Waals surface area contributed by atoms with Gasteiger partial charge in [0.2, 0.25) is 17.6 Å². The van der Waals surface area contributed by atoms with Crippen LogP contribution in [-0.4, -0.2) is 46.5 Å². The second-order valence-corrected chi connectivity index (χ2v) is 6.03. The Morgan fingerprint density at radius 2 is 1.47 bits per heavy atom. The molecule has 2 aromatic carbocycles. The summed E-state index contributed by atoms with van der Waals surface area (Å²) in [6.07, 6.45) is 1.46. The van der Waals surface area contributed by atoms with Gasteiger partial charge in [-0.25, -0.2) is 5.43 Å². The van der Waals surface area contributed by atoms with Gasteiger partial charge in [0.25, 0.3) is 0 Å². The molecule has 2 N–H and O–H groups in total. The number of anilines is 1. The molecule has 0 heterocycles. The van der Waals surface area contributed by atoms with Crippen LogP contribution in [0, 0.1) is 0 Å². The molecule has 0 unspecified atom stereocenters. The van der Waals surface area contributed by atoms with Crippen LogP contribution in [0.25, 0.3) is 0 Å². The molecular formula is C21H25N3O6. The van der Waals surface area contributed by atoms with Crippen LogP contribution < -0.4 is 29.7 Å². The third-order valence-electron chi connectivity index (χ3n) is 4.04. The highest BCUT2D eigenvalue weighted by Crippen LogP contribution is 2.37. The summed E-state index contributed by atoms with van der Waals surface area (Å²) in [6, 6.07) is 10.3. The van der Waals surface area contributed by atoms with E-state index in [1.54, 1.807) is 43.5 Å². The van der Waals surface area contributed by atoms with Gasteiger partial charge < -0.3 is 24.3 Å². The van der Waals surface area contributed by atoms with Crippen molar-refractivity contribution in [3.63, 3.8) is 0 Å². The maximum absolute atomic E-state index is 12.0. The minimum absolute atomic E-state index is 0.00537. The van der Waals surface area contributed by atoms with Crippen molar-refractivity contribution >= 4 is 23.7 Å². The van der Waals surface area contributed by atoms with Gasteiger partial charge in [0.15, 0.2) is 11.5 Å². The molecule has 9 heteroatoms. The highest BCUT2D eigenvalue weighted by atomic mass is 16.5. The van der Waals surface area contributed by atoms with E-state index in [2.05, 4.69) is 15.8 Å². The fourth-order valence-corrected chi connectivity index (χ4v) is 2.54. The minimum atomic E-state index is -0.386. The number of rotatable bonds is 10. The van der Waals surface area contributed by atoms with E-state index in [-0.39, 0.29) is 24.7 Å². The van der Waals surface area contributed by atoms with Crippen LogP contribution in [0.15, 0.2) is 41.5 Å². The van der Waals surface area contributed by atoms with Gasteiger partial charge in [0.05, 0.1) is 34.7 Å². The molecular weight excluding hydrogens is 390 g/mol. The average molecular weight is 415 g/mol. The van der Waals surface area contributed by atoms with Crippen LogP contribution in [0.2, 0.25) is 0 Å². The molecule has 9 nitrogen and oxygen atoms in total. The first kappa shape index (κ1) is 22.5. The Balaban J connectivity index is 1.85. The van der Waals surface area contributed by atoms with E-state index < -0.39 is 0 Å². The van der Waals surface area contributed by atoms with Gasteiger partial charge in [0, 0.05) is 24.1 Å². The molecule has 0 saturated heterocycles. The molecule has 0 bridgehead atoms. The first-order valence-corrected chi connectivity index (χ1v) is 9.06. The maximum atomic E-state index is 12.0. The summed E-state index contributed by atoms with van der Waals surface area (Å²) in [5, 5.41) is 6.62. The lowest BCUT2D eigenvalue weighted by atomic mass is 10.2. The number of carbonyl (C=O) groups excluding carboxylic acids is 2. The number of ether oxygens (including phenoxy) is 4. The van der Waals surface area contributed by atoms with E-state index in [0.29, 0.717) is 34.2 Å². The number of benzene rings is 2. The Kier molecular flexibility index (Phi) is 8.49. The number of hydrazone groups is 1. The Morgan fingerprint density at radius 3 is 2.00 bits per heavy atom. The maximum Gasteiger partial charge on any atom is 0.240 e. The van der Waals surface area contributed by atoms with Crippen molar-refractivity contribution in [3.05, 3.63) is 42.0 Å². The number of carbonyl (C=O) groups is 2. The molecule has 2 rings (SSSR count). The third kappa shape index (κ3) is 6.40. The number of nitrogens with one attached hydrogen (secondary N) is 2. The first-order chi connectivity index (χ1) is 14.5. The molecule has 0 saturated carbocycles. The second-order valence-electron chi connectivity index (χ2n) is 6.03. The van der Waals surface area contributed by atoms with E-state index in [1.165, 1.54) is 27.5 Å². The second kappa shape index (κ2) is 11.3. The first-order valence-electron chi connectivity index (χ1n) is 9.06. The molecule has 0 atom stereocenters. The summed E-state index contributed by atoms with van der Waals surface area (Å²) < 4.78 is 20.9. The van der Waals surface area contributed by atoms with Crippen molar-refractivity contribution in [2.45, 2.75) is 12.8 Å². The smallest absolute Gasteiger partial charge is 0.240 e. The molecule has 0 aromatic heterocycles. The molecule has 0 spiro atoms. The molecule has 160 valence electrons. The van der Waals surface area contributed by atoms with Gasteiger partial charge in [-0.2, -0.15) is 5.10 Å². The molecule has 2 amide bonds. The van der Waals surface area contributed by atoms with Crippen molar-refractivity contribution in [2.24, 2.45) is 5.10 Å². The third-order valence-corrected chi connectivity index (χ3v) is 4.04. The van der Waals surface area contributed by atoms with Crippen LogP contribution >= 0.6 is 0 Å². The monoisotopic (exact) mass is 415 g/mol. The van der Waals surface area contributed by atoms with E-state index in [1.807, 2.05) is 0 Å². The SMILES string of the molecule is COc1ccc(NC(=O)CCC(=O)N/N=C\c2cc(OC)c(OC)c(OC)c2)cc1. The largest absolute Gasteiger partial charge is 0.497 e. The summed E-state index contributed by atoms with van der Waals surface area (Å²) in [6.45, 7) is 0. The highest BCUT2D eigenvalue weighted by molar-refractivity contribution is 5.93. The molecule has 0 fully saturated rings. The zero-order valence-electron chi connectivity index (χ0n) is 17.4. The number of hydrogen-bond donors (Lipinski definition) is 2. The van der Waals surface area contributed by atoms with Gasteiger partial charge in [-0.1, -0.05) is 0 Å². The zero-order valence-corrected chi connectivity index (χ0v) is 17.4. The Hall–Kier alpha value is -3.75. The summed E-state index contributed by atoms with van der Waals surface area (Å²) in [5.74, 6) is 1.44. The lowest BCUT2D eigenvalue weighted by molar-refractivity contribution is -0.124. The van der Waals surface area contributed by atoms with E-state index in [4.69, 9.17) is 18.9 Å². The topological polar surface area (TPSA) is 107 Å². The Morgan fingerprint density at radius 1 is 0.867 bits per heavy atom. The molecule has 2 aromatic rings. The molecule has 30 heavy (non-hydrogen) atoms. The van der Waals surface area contributed by atoms with Crippen molar-refractivity contribution in [1.82, 2.24) is 5.43 Å². The minimum Gasteiger partial charge on any atom is -0.497 e. The molecule has 0 radical (unpaired) electrons. The zero-order chi connectivity index (χ0) is 21.9. The predicted octanol–water partition coefficient (Wildman–Crippen LogP) is 2.59. The van der Waals surface area contributed by atoms with E-state index in [0.717, 1.165) is 0 Å². The van der Waals surface area contributed by atoms with Crippen molar-refractivity contribution in [3.8, 4) is 23.0 Å². The number of nitrogens with zero attached hydrogens (tertiary/aromatic N) is 1. The summed E-state index contributed by atoms with van der Waals surface area (Å²) in [5.41, 5.74) is 3.66. The molecule has 0 aliphatic heterocycles. The summed E-state index contributed by atoms with van der Waals surface area (Å²) in [7, 11) is 6.10. The van der Waals surface area contributed by atoms with E-state index >= 15 is 0 Å². The molecule has 0 aliphatic rings. The Bertz CT molecular complexity index is 871. The Labute approximate surface area is 175 Å². The van der Waals surface area contributed by atoms with E-state index in [9.17, 15) is 9.59 Å². The van der Waals surface area contributed by atoms with Gasteiger partial charge in [-0.3, -0.25) is 9.59 Å². The quantitative estimate of drug-likeness (QED) is 0.456. The number of methoxy groups -OCH3 is 4. The highest BCUT2D eigenvalue weighted by Gasteiger charge is 2.12. The molecule has 0 aliphatic carbocycles. The van der Waals surface area contributed by atoms with Crippen molar-refractivity contribution in [1.29, 1.82) is 0 Å². The van der Waals surface area contributed by atoms with Gasteiger partial charge in [-0.15, -0.1) is 0 Å². The fraction of sp³-hybridized carbons (Fsp3) is 0.286. The number of amides is 2. The summed E-state index contributed by atoms with van der Waals surface area (Å²) in [4.78, 5) is 23.9. The van der Waals surface area contributed by atoms with Crippen molar-refractivity contribution < 1.29 is 28.5 Å². The number of hydrogen-bond acceptors (Lipinski definition) is 7. The lowest BCUT2D eigenvalue weighted by Crippen LogP contribution is -2.20. The summed E-state index contributed by atoms with van der Waals surface area (Å²) >= 11 is 0. The standard InChI is InChI=1S/C21H25N3O6/c1-27-16-7-5-15(6-8-16)23-19(25)9-10-20(26)24-22-13-14-11-17(28-2)21(30-4)18(12-14)29-3/h5-8,11-13H,9-10H2,1-4H3,(H,23,25)(H,24,26)/b22-13-. The van der Waals surface area contributed by atoms with Crippen LogP contribution in [0.5, 0.6) is 23.0 Å². The van der Waals surface area contributed by atoms with Crippen LogP contribution in [0.4, 0.5) is 5.69 Å². The van der Waals surface area contributed by atoms with Crippen molar-refractivity contribution in [2.75, 3.05) is 33.8 Å². The normalized spacial score (nSPS) is 10.4. The van der Waals surface area contributed by atoms with Crippen LogP contribution in [0.3, 0.4) is 0 Å². The van der Waals surface area contributed by atoms with Gasteiger partial charge in [0.1, 0.15) is 5.75 Å². The predicted molar refractivity (Wildman–Crippen MR) is 113 cm³/mol. The lowest BCUT2D eigenvalue weighted by Gasteiger charge is -2.12.